The molecule has 8 heteroatoms. The summed E-state index contributed by atoms with van der Waals surface area (Å²) >= 11 is 5.77. The maximum atomic E-state index is 11.8. The summed E-state index contributed by atoms with van der Waals surface area (Å²) in [4.78, 5) is 11.8. The van der Waals surface area contributed by atoms with Crippen LogP contribution in [-0.2, 0) is 27.8 Å². The molecular weight excluding hydrogens is 340 g/mol. The lowest BCUT2D eigenvalue weighted by Gasteiger charge is -2.07. The zero-order chi connectivity index (χ0) is 16.7. The molecule has 0 aliphatic carbocycles. The topological polar surface area (TPSA) is 88.4 Å². The molecule has 1 heterocycles. The van der Waals surface area contributed by atoms with Gasteiger partial charge < -0.3 is 9.73 Å². The van der Waals surface area contributed by atoms with Gasteiger partial charge in [-0.25, -0.2) is 13.1 Å². The van der Waals surface area contributed by atoms with Gasteiger partial charge in [0.15, 0.2) is 0 Å². The van der Waals surface area contributed by atoms with Gasteiger partial charge in [0.25, 0.3) is 0 Å². The molecule has 0 saturated heterocycles. The van der Waals surface area contributed by atoms with Gasteiger partial charge in [-0.3, -0.25) is 4.79 Å². The number of sulfonamides is 1. The highest BCUT2D eigenvalue weighted by molar-refractivity contribution is 7.89. The van der Waals surface area contributed by atoms with Gasteiger partial charge in [0.1, 0.15) is 5.76 Å². The quantitative estimate of drug-likeness (QED) is 0.753. The number of furan rings is 1. The van der Waals surface area contributed by atoms with Crippen molar-refractivity contribution in [3.05, 3.63) is 59.0 Å². The van der Waals surface area contributed by atoms with Crippen molar-refractivity contribution in [3.8, 4) is 0 Å². The Balaban J connectivity index is 1.70. The molecule has 124 valence electrons. The minimum Gasteiger partial charge on any atom is -0.468 e. The maximum absolute atomic E-state index is 11.8. The number of hydrogen-bond donors (Lipinski definition) is 2. The number of halogens is 1. The number of carbonyl (C=O) groups is 1. The van der Waals surface area contributed by atoms with Crippen LogP contribution in [0.1, 0.15) is 11.3 Å². The first-order chi connectivity index (χ1) is 10.9. The molecule has 0 atom stereocenters. The van der Waals surface area contributed by atoms with E-state index in [0.29, 0.717) is 10.8 Å². The summed E-state index contributed by atoms with van der Waals surface area (Å²) in [5.74, 6) is 0.0916. The highest BCUT2D eigenvalue weighted by atomic mass is 35.5. The first kappa shape index (κ1) is 17.5. The van der Waals surface area contributed by atoms with E-state index in [0.717, 1.165) is 5.56 Å². The Hall–Kier alpha value is -1.83. The molecule has 2 N–H and O–H groups in total. The van der Waals surface area contributed by atoms with Crippen LogP contribution in [-0.4, -0.2) is 26.6 Å². The number of hydrogen-bond acceptors (Lipinski definition) is 4. The second-order valence-electron chi connectivity index (χ2n) is 4.87. The fourth-order valence-electron chi connectivity index (χ4n) is 1.84. The molecule has 0 radical (unpaired) electrons. The highest BCUT2D eigenvalue weighted by Crippen LogP contribution is 2.09. The lowest BCUT2D eigenvalue weighted by Crippen LogP contribution is -2.34. The number of benzene rings is 1. The second-order valence-corrected chi connectivity index (χ2v) is 7.24. The van der Waals surface area contributed by atoms with E-state index in [4.69, 9.17) is 16.0 Å². The number of rotatable bonds is 8. The Bertz CT molecular complexity index is 727. The Morgan fingerprint density at radius 1 is 1.17 bits per heavy atom. The lowest BCUT2D eigenvalue weighted by molar-refractivity contribution is -0.120. The molecule has 0 aliphatic heterocycles. The fourth-order valence-corrected chi connectivity index (χ4v) is 2.84. The highest BCUT2D eigenvalue weighted by Gasteiger charge is 2.11. The van der Waals surface area contributed by atoms with Crippen molar-refractivity contribution in [1.82, 2.24) is 10.0 Å². The van der Waals surface area contributed by atoms with E-state index >= 15 is 0 Å². The second kappa shape index (κ2) is 8.14. The Morgan fingerprint density at radius 2 is 1.91 bits per heavy atom. The average Bonchev–Trinajstić information content (AvgIpc) is 3.01. The van der Waals surface area contributed by atoms with E-state index < -0.39 is 10.0 Å². The summed E-state index contributed by atoms with van der Waals surface area (Å²) in [7, 11) is -3.47. The van der Waals surface area contributed by atoms with E-state index in [2.05, 4.69) is 10.0 Å². The monoisotopic (exact) mass is 356 g/mol. The van der Waals surface area contributed by atoms with Gasteiger partial charge in [0.2, 0.25) is 15.9 Å². The Morgan fingerprint density at radius 3 is 2.57 bits per heavy atom. The van der Waals surface area contributed by atoms with Crippen LogP contribution in [0.4, 0.5) is 0 Å². The standard InChI is InChI=1S/C15H17ClN2O4S/c16-13-5-3-12(4-6-13)10-15(19)17-7-9-23(20,21)18-11-14-2-1-8-22-14/h1-6,8,18H,7,9-11H2,(H,17,19). The van der Waals surface area contributed by atoms with E-state index in [1.807, 2.05) is 0 Å². The van der Waals surface area contributed by atoms with E-state index in [9.17, 15) is 13.2 Å². The van der Waals surface area contributed by atoms with Gasteiger partial charge in [0.05, 0.1) is 25.0 Å². The summed E-state index contributed by atoms with van der Waals surface area (Å²) in [6.45, 7) is 0.133. The molecule has 0 spiro atoms. The van der Waals surface area contributed by atoms with Crippen molar-refractivity contribution in [1.29, 1.82) is 0 Å². The van der Waals surface area contributed by atoms with Crippen molar-refractivity contribution in [2.45, 2.75) is 13.0 Å². The molecule has 0 fully saturated rings. The van der Waals surface area contributed by atoms with Gasteiger partial charge in [-0.1, -0.05) is 23.7 Å². The van der Waals surface area contributed by atoms with Crippen LogP contribution in [0, 0.1) is 0 Å². The fraction of sp³-hybridized carbons (Fsp3) is 0.267. The Labute approximate surface area is 139 Å². The summed E-state index contributed by atoms with van der Waals surface area (Å²) in [5, 5.41) is 3.18. The number of carbonyl (C=O) groups excluding carboxylic acids is 1. The molecule has 1 amide bonds. The molecule has 2 rings (SSSR count). The Kier molecular flexibility index (Phi) is 6.20. The third kappa shape index (κ3) is 6.43. The van der Waals surface area contributed by atoms with Crippen LogP contribution in [0.5, 0.6) is 0 Å². The SMILES string of the molecule is O=C(Cc1ccc(Cl)cc1)NCCS(=O)(=O)NCc1ccco1. The zero-order valence-corrected chi connectivity index (χ0v) is 13.9. The van der Waals surface area contributed by atoms with E-state index in [-0.39, 0.29) is 31.2 Å². The van der Waals surface area contributed by atoms with Gasteiger partial charge >= 0.3 is 0 Å². The van der Waals surface area contributed by atoms with E-state index in [1.54, 1.807) is 36.4 Å². The molecule has 23 heavy (non-hydrogen) atoms. The third-order valence-corrected chi connectivity index (χ3v) is 4.60. The smallest absolute Gasteiger partial charge is 0.224 e. The minimum atomic E-state index is -3.47. The first-order valence-corrected chi connectivity index (χ1v) is 8.98. The first-order valence-electron chi connectivity index (χ1n) is 6.95. The molecule has 0 aliphatic rings. The van der Waals surface area contributed by atoms with Crippen LogP contribution in [0.15, 0.2) is 47.1 Å². The van der Waals surface area contributed by atoms with Gasteiger partial charge in [-0.15, -0.1) is 0 Å². The molecule has 2 aromatic rings. The number of amides is 1. The van der Waals surface area contributed by atoms with Crippen LogP contribution < -0.4 is 10.0 Å². The van der Waals surface area contributed by atoms with Crippen LogP contribution in [0.25, 0.3) is 0 Å². The molecular formula is C15H17ClN2O4S. The predicted octanol–water partition coefficient (Wildman–Crippen LogP) is 1.71. The molecule has 1 aromatic heterocycles. The molecule has 6 nitrogen and oxygen atoms in total. The third-order valence-electron chi connectivity index (χ3n) is 3.02. The van der Waals surface area contributed by atoms with Crippen molar-refractivity contribution in [2.75, 3.05) is 12.3 Å². The summed E-state index contributed by atoms with van der Waals surface area (Å²) in [6.07, 6.45) is 1.65. The van der Waals surface area contributed by atoms with Crippen molar-refractivity contribution in [3.63, 3.8) is 0 Å². The summed E-state index contributed by atoms with van der Waals surface area (Å²) < 4.78 is 31.0. The summed E-state index contributed by atoms with van der Waals surface area (Å²) in [5.41, 5.74) is 0.811. The van der Waals surface area contributed by atoms with Crippen molar-refractivity contribution < 1.29 is 17.6 Å². The molecule has 0 saturated carbocycles. The zero-order valence-electron chi connectivity index (χ0n) is 12.3. The summed E-state index contributed by atoms with van der Waals surface area (Å²) in [6, 6.07) is 10.3. The normalized spacial score (nSPS) is 11.3. The van der Waals surface area contributed by atoms with Crippen LogP contribution in [0.3, 0.4) is 0 Å². The lowest BCUT2D eigenvalue weighted by atomic mass is 10.1. The molecule has 1 aromatic carbocycles. The van der Waals surface area contributed by atoms with E-state index in [1.165, 1.54) is 6.26 Å². The maximum Gasteiger partial charge on any atom is 0.224 e. The largest absolute Gasteiger partial charge is 0.468 e. The average molecular weight is 357 g/mol. The van der Waals surface area contributed by atoms with Crippen LogP contribution in [0.2, 0.25) is 5.02 Å². The van der Waals surface area contributed by atoms with Gasteiger partial charge in [0, 0.05) is 11.6 Å². The van der Waals surface area contributed by atoms with Crippen molar-refractivity contribution in [2.24, 2.45) is 0 Å². The minimum absolute atomic E-state index is 0.0416. The predicted molar refractivity (Wildman–Crippen MR) is 87.5 cm³/mol. The number of nitrogens with one attached hydrogen (secondary N) is 2. The van der Waals surface area contributed by atoms with Crippen LogP contribution >= 0.6 is 11.6 Å². The molecule has 0 unspecified atom stereocenters. The van der Waals surface area contributed by atoms with Gasteiger partial charge in [-0.05, 0) is 29.8 Å². The molecule has 0 bridgehead atoms. The van der Waals surface area contributed by atoms with Crippen molar-refractivity contribution >= 4 is 27.5 Å². The van der Waals surface area contributed by atoms with Gasteiger partial charge in [-0.2, -0.15) is 0 Å².